The maximum atomic E-state index is 12.7. The normalized spacial score (nSPS) is 14.8. The maximum absolute atomic E-state index is 12.7. The number of pyridine rings is 2. The number of fused-ring (bicyclic) bond motifs is 1. The minimum atomic E-state index is -1.80. The zero-order valence-corrected chi connectivity index (χ0v) is 21.4. The molecule has 0 radical (unpaired) electrons. The number of carbonyl (C=O) groups is 1. The van der Waals surface area contributed by atoms with Gasteiger partial charge in [0.25, 0.3) is 5.91 Å². The highest BCUT2D eigenvalue weighted by molar-refractivity contribution is 6.74. The number of hydrogen-bond donors (Lipinski definition) is 1. The summed E-state index contributed by atoms with van der Waals surface area (Å²) in [5.41, 5.74) is 4.38. The summed E-state index contributed by atoms with van der Waals surface area (Å²) >= 11 is 0. The van der Waals surface area contributed by atoms with Gasteiger partial charge in [-0.3, -0.25) is 9.78 Å². The van der Waals surface area contributed by atoms with Crippen LogP contribution in [0.15, 0.2) is 43.0 Å². The molecular formula is C25H35N5O2Si. The van der Waals surface area contributed by atoms with Gasteiger partial charge in [0.2, 0.25) is 0 Å². The third-order valence-electron chi connectivity index (χ3n) is 6.86. The van der Waals surface area contributed by atoms with E-state index < -0.39 is 8.32 Å². The molecule has 0 unspecified atom stereocenters. The Bertz CT molecular complexity index is 1130. The molecule has 1 saturated heterocycles. The number of rotatable bonds is 7. The highest BCUT2D eigenvalue weighted by atomic mass is 28.4. The molecule has 1 amide bonds. The first kappa shape index (κ1) is 23.4. The molecule has 7 nitrogen and oxygen atoms in total. The summed E-state index contributed by atoms with van der Waals surface area (Å²) in [6, 6.07) is 5.98. The summed E-state index contributed by atoms with van der Waals surface area (Å²) in [6.45, 7) is 14.3. The van der Waals surface area contributed by atoms with Crippen molar-refractivity contribution in [3.8, 4) is 0 Å². The molecule has 1 fully saturated rings. The highest BCUT2D eigenvalue weighted by Gasteiger charge is 2.37. The molecule has 176 valence electrons. The molecule has 4 rings (SSSR count). The first-order chi connectivity index (χ1) is 15.6. The SMILES string of the molecule is CC(C)(C)[Si](C)(C)OCc1ccc2nc(CNC(=O)c3cncc(N4CCCC4)c3)cn2c1. The summed E-state index contributed by atoms with van der Waals surface area (Å²) < 4.78 is 8.35. The van der Waals surface area contributed by atoms with Gasteiger partial charge < -0.3 is 19.0 Å². The number of aromatic nitrogens is 3. The predicted octanol–water partition coefficient (Wildman–Crippen LogP) is 4.78. The van der Waals surface area contributed by atoms with Crippen LogP contribution < -0.4 is 10.2 Å². The number of nitrogens with one attached hydrogen (secondary N) is 1. The summed E-state index contributed by atoms with van der Waals surface area (Å²) in [7, 11) is -1.80. The Kier molecular flexibility index (Phi) is 6.58. The van der Waals surface area contributed by atoms with Crippen LogP contribution in [0.1, 0.15) is 55.2 Å². The maximum Gasteiger partial charge on any atom is 0.253 e. The van der Waals surface area contributed by atoms with E-state index in [1.807, 2.05) is 28.9 Å². The predicted molar refractivity (Wildman–Crippen MR) is 134 cm³/mol. The number of anilines is 1. The van der Waals surface area contributed by atoms with Gasteiger partial charge in [-0.25, -0.2) is 4.98 Å². The van der Waals surface area contributed by atoms with Crippen molar-refractivity contribution in [3.63, 3.8) is 0 Å². The van der Waals surface area contributed by atoms with Crippen LogP contribution in [-0.4, -0.2) is 41.7 Å². The monoisotopic (exact) mass is 465 g/mol. The van der Waals surface area contributed by atoms with Gasteiger partial charge in [-0.2, -0.15) is 0 Å². The minimum Gasteiger partial charge on any atom is -0.413 e. The van der Waals surface area contributed by atoms with E-state index in [-0.39, 0.29) is 10.9 Å². The third kappa shape index (κ3) is 5.44. The van der Waals surface area contributed by atoms with Crippen molar-refractivity contribution in [2.45, 2.75) is 64.9 Å². The van der Waals surface area contributed by atoms with Crippen molar-refractivity contribution in [2.75, 3.05) is 18.0 Å². The molecule has 0 atom stereocenters. The summed E-state index contributed by atoms with van der Waals surface area (Å²) in [6.07, 6.45) is 9.85. The van der Waals surface area contributed by atoms with E-state index in [0.717, 1.165) is 35.7 Å². The van der Waals surface area contributed by atoms with Crippen LogP contribution in [0.2, 0.25) is 18.1 Å². The van der Waals surface area contributed by atoms with Gasteiger partial charge in [-0.05, 0) is 48.7 Å². The second-order valence-electron chi connectivity index (χ2n) is 10.4. The van der Waals surface area contributed by atoms with Gasteiger partial charge >= 0.3 is 0 Å². The molecular weight excluding hydrogens is 430 g/mol. The van der Waals surface area contributed by atoms with Crippen molar-refractivity contribution in [1.82, 2.24) is 19.7 Å². The molecule has 3 aromatic heterocycles. The molecule has 3 aromatic rings. The van der Waals surface area contributed by atoms with Crippen molar-refractivity contribution >= 4 is 25.6 Å². The van der Waals surface area contributed by atoms with Gasteiger partial charge in [-0.1, -0.05) is 26.8 Å². The van der Waals surface area contributed by atoms with E-state index in [1.54, 1.807) is 6.20 Å². The van der Waals surface area contributed by atoms with Crippen LogP contribution in [0.5, 0.6) is 0 Å². The van der Waals surface area contributed by atoms with Crippen LogP contribution >= 0.6 is 0 Å². The first-order valence-electron chi connectivity index (χ1n) is 11.7. The van der Waals surface area contributed by atoms with Gasteiger partial charge in [-0.15, -0.1) is 0 Å². The second kappa shape index (κ2) is 9.27. The summed E-state index contributed by atoms with van der Waals surface area (Å²) in [5, 5.41) is 3.16. The fourth-order valence-corrected chi connectivity index (χ4v) is 4.67. The Morgan fingerprint density at radius 3 is 2.64 bits per heavy atom. The largest absolute Gasteiger partial charge is 0.413 e. The van der Waals surface area contributed by atoms with Gasteiger partial charge in [0.05, 0.1) is 36.3 Å². The summed E-state index contributed by atoms with van der Waals surface area (Å²) in [5.74, 6) is -0.135. The molecule has 1 aliphatic rings. The van der Waals surface area contributed by atoms with E-state index in [2.05, 4.69) is 66.3 Å². The van der Waals surface area contributed by atoms with Crippen LogP contribution in [0.3, 0.4) is 0 Å². The standard InChI is InChI=1S/C25H35N5O2Si/c1-25(2,3)33(4,5)32-18-19-8-9-23-28-21(17-30(23)16-19)14-27-24(31)20-12-22(15-26-13-20)29-10-6-7-11-29/h8-9,12-13,15-17H,6-7,10-11,14,18H2,1-5H3,(H,27,31). The molecule has 33 heavy (non-hydrogen) atoms. The first-order valence-corrected chi connectivity index (χ1v) is 14.6. The Morgan fingerprint density at radius 1 is 1.15 bits per heavy atom. The molecule has 0 spiro atoms. The fourth-order valence-electron chi connectivity index (χ4n) is 3.71. The van der Waals surface area contributed by atoms with Gasteiger partial charge in [0, 0.05) is 31.7 Å². The Hall–Kier alpha value is -2.71. The van der Waals surface area contributed by atoms with Crippen molar-refractivity contribution < 1.29 is 9.22 Å². The second-order valence-corrected chi connectivity index (χ2v) is 15.2. The van der Waals surface area contributed by atoms with Crippen molar-refractivity contribution in [3.05, 3.63) is 59.8 Å². The number of carbonyl (C=O) groups excluding carboxylic acids is 1. The molecule has 0 aromatic carbocycles. The number of imidazole rings is 1. The molecule has 8 heteroatoms. The molecule has 0 aliphatic carbocycles. The zero-order valence-electron chi connectivity index (χ0n) is 20.4. The average molecular weight is 466 g/mol. The highest BCUT2D eigenvalue weighted by Crippen LogP contribution is 2.37. The molecule has 1 aliphatic heterocycles. The van der Waals surface area contributed by atoms with Crippen LogP contribution in [0.25, 0.3) is 5.65 Å². The Labute approximate surface area is 197 Å². The van der Waals surface area contributed by atoms with Crippen LogP contribution in [-0.2, 0) is 17.6 Å². The lowest BCUT2D eigenvalue weighted by atomic mass is 10.2. The quantitative estimate of drug-likeness (QED) is 0.508. The lowest BCUT2D eigenvalue weighted by Crippen LogP contribution is -2.40. The Morgan fingerprint density at radius 2 is 1.91 bits per heavy atom. The number of amides is 1. The van der Waals surface area contributed by atoms with E-state index >= 15 is 0 Å². The lowest BCUT2D eigenvalue weighted by molar-refractivity contribution is 0.0950. The molecule has 1 N–H and O–H groups in total. The van der Waals surface area contributed by atoms with Crippen LogP contribution in [0.4, 0.5) is 5.69 Å². The van der Waals surface area contributed by atoms with Crippen molar-refractivity contribution in [2.24, 2.45) is 0 Å². The minimum absolute atomic E-state index is 0.135. The number of nitrogens with zero attached hydrogens (tertiary/aromatic N) is 4. The average Bonchev–Trinajstić information content (AvgIpc) is 3.45. The van der Waals surface area contributed by atoms with E-state index in [0.29, 0.717) is 18.7 Å². The van der Waals surface area contributed by atoms with Crippen LogP contribution in [0, 0.1) is 0 Å². The third-order valence-corrected chi connectivity index (χ3v) is 11.3. The van der Waals surface area contributed by atoms with Gasteiger partial charge in [0.15, 0.2) is 8.32 Å². The summed E-state index contributed by atoms with van der Waals surface area (Å²) in [4.78, 5) is 23.9. The van der Waals surface area contributed by atoms with Gasteiger partial charge in [0.1, 0.15) is 5.65 Å². The van der Waals surface area contributed by atoms with E-state index in [4.69, 9.17) is 4.43 Å². The smallest absolute Gasteiger partial charge is 0.253 e. The Balaban J connectivity index is 1.38. The van der Waals surface area contributed by atoms with E-state index in [1.165, 1.54) is 12.8 Å². The molecule has 0 bridgehead atoms. The van der Waals surface area contributed by atoms with Crippen molar-refractivity contribution in [1.29, 1.82) is 0 Å². The number of hydrogen-bond acceptors (Lipinski definition) is 5. The molecule has 0 saturated carbocycles. The van der Waals surface area contributed by atoms with E-state index in [9.17, 15) is 4.79 Å². The molecule has 4 heterocycles. The topological polar surface area (TPSA) is 71.8 Å². The zero-order chi connectivity index (χ0) is 23.6. The fraction of sp³-hybridized carbons (Fsp3) is 0.480. The lowest BCUT2D eigenvalue weighted by Gasteiger charge is -2.36.